The summed E-state index contributed by atoms with van der Waals surface area (Å²) in [5.74, 6) is -2.13. The zero-order valence-corrected chi connectivity index (χ0v) is 18.0. The molecule has 2 aromatic carbocycles. The first-order valence-corrected chi connectivity index (χ1v) is 10.9. The number of hydrogen-bond acceptors (Lipinski definition) is 6. The minimum Gasteiger partial charge on any atom is -0.465 e. The summed E-state index contributed by atoms with van der Waals surface area (Å²) < 4.78 is 18.6. The van der Waals surface area contributed by atoms with E-state index in [1.807, 2.05) is 23.1 Å². The van der Waals surface area contributed by atoms with E-state index in [-0.39, 0.29) is 12.4 Å². The van der Waals surface area contributed by atoms with Gasteiger partial charge in [-0.15, -0.1) is 0 Å². The van der Waals surface area contributed by atoms with Gasteiger partial charge < -0.3 is 9.64 Å². The highest BCUT2D eigenvalue weighted by molar-refractivity contribution is 6.08. The third kappa shape index (κ3) is 4.96. The second-order valence-corrected chi connectivity index (χ2v) is 7.92. The first-order chi connectivity index (χ1) is 15.5. The second-order valence-electron chi connectivity index (χ2n) is 7.92. The van der Waals surface area contributed by atoms with E-state index < -0.39 is 23.8 Å². The minimum atomic E-state index is -1.11. The molecule has 2 heterocycles. The highest BCUT2D eigenvalue weighted by atomic mass is 19.1. The Kier molecular flexibility index (Phi) is 6.80. The average Bonchev–Trinajstić information content (AvgIpc) is 2.80. The third-order valence-electron chi connectivity index (χ3n) is 5.77. The molecule has 1 fully saturated rings. The average molecular weight is 439 g/mol. The van der Waals surface area contributed by atoms with Crippen LogP contribution >= 0.6 is 0 Å². The number of nitrogens with one attached hydrogen (secondary N) is 1. The molecule has 0 aromatic heterocycles. The van der Waals surface area contributed by atoms with Crippen molar-refractivity contribution in [1.82, 2.24) is 15.1 Å². The van der Waals surface area contributed by atoms with Crippen molar-refractivity contribution in [2.45, 2.75) is 19.5 Å². The molecule has 32 heavy (non-hydrogen) atoms. The number of carbonyl (C=O) groups excluding carboxylic acids is 2. The summed E-state index contributed by atoms with van der Waals surface area (Å²) in [5, 5.41) is 2.79. The number of piperazine rings is 1. The standard InChI is InChI=1S/C24H27FN4O3/c1-2-32-23(31)20-21(18-8-10-19(25)11-9-18)26-24(27-22(20)30)29-14-12-28(13-15-29)16-17-6-4-3-5-7-17/h3-11,20-21H,2,12-16H2,1H3,(H,26,27,30). The van der Waals surface area contributed by atoms with Gasteiger partial charge in [-0.2, -0.15) is 0 Å². The van der Waals surface area contributed by atoms with Crippen molar-refractivity contribution in [3.8, 4) is 0 Å². The fourth-order valence-electron chi connectivity index (χ4n) is 4.08. The lowest BCUT2D eigenvalue weighted by atomic mass is 9.91. The molecule has 0 spiro atoms. The Morgan fingerprint density at radius 2 is 1.78 bits per heavy atom. The molecule has 1 N–H and O–H groups in total. The summed E-state index contributed by atoms with van der Waals surface area (Å²) >= 11 is 0. The van der Waals surface area contributed by atoms with Crippen LogP contribution in [0.5, 0.6) is 0 Å². The van der Waals surface area contributed by atoms with Crippen molar-refractivity contribution >= 4 is 17.8 Å². The molecule has 1 saturated heterocycles. The Morgan fingerprint density at radius 1 is 1.09 bits per heavy atom. The van der Waals surface area contributed by atoms with Gasteiger partial charge in [0, 0.05) is 32.7 Å². The Hall–Kier alpha value is -3.26. The number of ether oxygens (including phenoxy) is 1. The number of aliphatic imine (C=N–C) groups is 1. The van der Waals surface area contributed by atoms with E-state index in [9.17, 15) is 14.0 Å². The van der Waals surface area contributed by atoms with E-state index in [4.69, 9.17) is 9.73 Å². The van der Waals surface area contributed by atoms with Gasteiger partial charge in [0.15, 0.2) is 5.92 Å². The lowest BCUT2D eigenvalue weighted by molar-refractivity contribution is -0.153. The van der Waals surface area contributed by atoms with Crippen molar-refractivity contribution in [3.63, 3.8) is 0 Å². The normalized spacial score (nSPS) is 21.6. The van der Waals surface area contributed by atoms with E-state index in [0.29, 0.717) is 24.6 Å². The Balaban J connectivity index is 1.51. The zero-order valence-electron chi connectivity index (χ0n) is 18.0. The fraction of sp³-hybridized carbons (Fsp3) is 0.375. The van der Waals surface area contributed by atoms with Crippen molar-refractivity contribution in [2.24, 2.45) is 10.9 Å². The van der Waals surface area contributed by atoms with E-state index in [1.54, 1.807) is 19.1 Å². The molecule has 7 nitrogen and oxygen atoms in total. The van der Waals surface area contributed by atoms with Gasteiger partial charge in [-0.05, 0) is 30.2 Å². The lowest BCUT2D eigenvalue weighted by Crippen LogP contribution is -2.57. The number of rotatable bonds is 5. The molecule has 2 unspecified atom stereocenters. The summed E-state index contributed by atoms with van der Waals surface area (Å²) in [5.41, 5.74) is 1.86. The molecular weight excluding hydrogens is 411 g/mol. The van der Waals surface area contributed by atoms with Crippen LogP contribution in [0.25, 0.3) is 0 Å². The molecule has 8 heteroatoms. The maximum absolute atomic E-state index is 13.4. The van der Waals surface area contributed by atoms with E-state index in [0.717, 1.165) is 19.6 Å². The van der Waals surface area contributed by atoms with Crippen LogP contribution in [0, 0.1) is 11.7 Å². The highest BCUT2D eigenvalue weighted by Gasteiger charge is 2.42. The van der Waals surface area contributed by atoms with Crippen molar-refractivity contribution in [3.05, 3.63) is 71.5 Å². The summed E-state index contributed by atoms with van der Waals surface area (Å²) in [7, 11) is 0. The summed E-state index contributed by atoms with van der Waals surface area (Å²) in [6.45, 7) is 5.78. The first-order valence-electron chi connectivity index (χ1n) is 10.9. The maximum Gasteiger partial charge on any atom is 0.321 e. The van der Waals surface area contributed by atoms with Crippen LogP contribution in [0.15, 0.2) is 59.6 Å². The first kappa shape index (κ1) is 22.0. The van der Waals surface area contributed by atoms with Gasteiger partial charge in [0.2, 0.25) is 11.9 Å². The molecule has 0 radical (unpaired) electrons. The number of benzene rings is 2. The monoisotopic (exact) mass is 438 g/mol. The minimum absolute atomic E-state index is 0.165. The molecule has 0 aliphatic carbocycles. The van der Waals surface area contributed by atoms with Crippen LogP contribution in [0.4, 0.5) is 4.39 Å². The molecule has 2 aromatic rings. The van der Waals surface area contributed by atoms with E-state index in [2.05, 4.69) is 22.3 Å². The molecule has 2 aliphatic heterocycles. The van der Waals surface area contributed by atoms with E-state index >= 15 is 0 Å². The largest absolute Gasteiger partial charge is 0.465 e. The number of halogens is 1. The Morgan fingerprint density at radius 3 is 2.44 bits per heavy atom. The van der Waals surface area contributed by atoms with Crippen LogP contribution in [0.3, 0.4) is 0 Å². The predicted octanol–water partition coefficient (Wildman–Crippen LogP) is 2.35. The third-order valence-corrected chi connectivity index (χ3v) is 5.77. The molecule has 4 rings (SSSR count). The lowest BCUT2D eigenvalue weighted by Gasteiger charge is -2.39. The number of nitrogens with zero attached hydrogens (tertiary/aromatic N) is 3. The second kappa shape index (κ2) is 9.91. The van der Waals surface area contributed by atoms with Crippen LogP contribution in [0.2, 0.25) is 0 Å². The number of guanidine groups is 1. The summed E-state index contributed by atoms with van der Waals surface area (Å²) in [6, 6.07) is 15.3. The topological polar surface area (TPSA) is 74.2 Å². The maximum atomic E-state index is 13.4. The Bertz CT molecular complexity index is 972. The van der Waals surface area contributed by atoms with Crippen molar-refractivity contribution < 1.29 is 18.7 Å². The van der Waals surface area contributed by atoms with Crippen molar-refractivity contribution in [1.29, 1.82) is 0 Å². The fourth-order valence-corrected chi connectivity index (χ4v) is 4.08. The van der Waals surface area contributed by atoms with Gasteiger partial charge in [0.1, 0.15) is 11.9 Å². The van der Waals surface area contributed by atoms with Gasteiger partial charge in [-0.1, -0.05) is 42.5 Å². The Labute approximate surface area is 186 Å². The van der Waals surface area contributed by atoms with Crippen LogP contribution in [-0.4, -0.2) is 60.4 Å². The smallest absolute Gasteiger partial charge is 0.321 e. The molecule has 1 amide bonds. The van der Waals surface area contributed by atoms with Crippen LogP contribution < -0.4 is 5.32 Å². The number of amides is 1. The molecule has 2 atom stereocenters. The quantitative estimate of drug-likeness (QED) is 0.573. The molecule has 168 valence electrons. The van der Waals surface area contributed by atoms with Gasteiger partial charge in [-0.25, -0.2) is 9.38 Å². The van der Waals surface area contributed by atoms with Crippen LogP contribution in [-0.2, 0) is 20.9 Å². The molecule has 2 aliphatic rings. The van der Waals surface area contributed by atoms with E-state index in [1.165, 1.54) is 17.7 Å². The number of hydrogen-bond donors (Lipinski definition) is 1. The molecule has 0 bridgehead atoms. The van der Waals surface area contributed by atoms with Crippen LogP contribution in [0.1, 0.15) is 24.1 Å². The number of esters is 1. The highest BCUT2D eigenvalue weighted by Crippen LogP contribution is 2.31. The van der Waals surface area contributed by atoms with Crippen molar-refractivity contribution in [2.75, 3.05) is 32.8 Å². The SMILES string of the molecule is CCOC(=O)C1C(=O)NC(N2CCN(Cc3ccccc3)CC2)=NC1c1ccc(F)cc1. The predicted molar refractivity (Wildman–Crippen MR) is 118 cm³/mol. The zero-order chi connectivity index (χ0) is 22.5. The van der Waals surface area contributed by atoms with Gasteiger partial charge in [0.25, 0.3) is 0 Å². The molecular formula is C24H27FN4O3. The summed E-state index contributed by atoms with van der Waals surface area (Å²) in [6.07, 6.45) is 0. The molecule has 0 saturated carbocycles. The van der Waals surface area contributed by atoms with Gasteiger partial charge >= 0.3 is 5.97 Å². The number of carbonyl (C=O) groups is 2. The van der Waals surface area contributed by atoms with Gasteiger partial charge in [0.05, 0.1) is 6.61 Å². The van der Waals surface area contributed by atoms with Gasteiger partial charge in [-0.3, -0.25) is 19.8 Å². The summed E-state index contributed by atoms with van der Waals surface area (Å²) in [4.78, 5) is 34.5.